The molecule has 2 nitrogen and oxygen atoms in total. The molecule has 0 spiro atoms. The maximum absolute atomic E-state index is 5.98. The molecule has 0 amide bonds. The quantitative estimate of drug-likeness (QED) is 0.683. The first-order chi connectivity index (χ1) is 7.34. The summed E-state index contributed by atoms with van der Waals surface area (Å²) in [5.74, 6) is 1.90. The lowest BCUT2D eigenvalue weighted by atomic mass is 9.83. The van der Waals surface area contributed by atoms with Gasteiger partial charge in [0.2, 0.25) is 0 Å². The molecule has 0 saturated heterocycles. The summed E-state index contributed by atoms with van der Waals surface area (Å²) in [5, 5.41) is 3.62. The van der Waals surface area contributed by atoms with E-state index in [0.29, 0.717) is 6.04 Å². The zero-order chi connectivity index (χ0) is 10.5. The van der Waals surface area contributed by atoms with Crippen LogP contribution in [0.5, 0.6) is 0 Å². The van der Waals surface area contributed by atoms with Crippen molar-refractivity contribution >= 4 is 0 Å². The first-order valence-corrected chi connectivity index (χ1v) is 6.81. The maximum atomic E-state index is 5.98. The van der Waals surface area contributed by atoms with E-state index in [1.165, 1.54) is 64.5 Å². The van der Waals surface area contributed by atoms with Gasteiger partial charge in [-0.3, -0.25) is 0 Å². The maximum Gasteiger partial charge on any atom is 0.00419 e. The van der Waals surface area contributed by atoms with Gasteiger partial charge in [-0.05, 0) is 50.6 Å². The third kappa shape index (κ3) is 3.76. The fourth-order valence-corrected chi connectivity index (χ4v) is 2.91. The minimum atomic E-state index is 0.484. The molecule has 3 N–H and O–H groups in total. The molecule has 2 heteroatoms. The van der Waals surface area contributed by atoms with Crippen LogP contribution in [0.2, 0.25) is 0 Å². The normalized spacial score (nSPS) is 32.6. The Kier molecular flexibility index (Phi) is 4.45. The standard InChI is InChI=1S/C13H26N2/c14-13-6-2-5-12(9-13)10-15-8-7-11-3-1-4-11/h11-13,15H,1-10,14H2. The van der Waals surface area contributed by atoms with Gasteiger partial charge >= 0.3 is 0 Å². The van der Waals surface area contributed by atoms with Crippen molar-refractivity contribution in [3.63, 3.8) is 0 Å². The molecule has 2 aliphatic carbocycles. The summed E-state index contributed by atoms with van der Waals surface area (Å²) in [6.07, 6.45) is 11.1. The first-order valence-electron chi connectivity index (χ1n) is 6.81. The Morgan fingerprint density at radius 3 is 2.40 bits per heavy atom. The average molecular weight is 210 g/mol. The fraction of sp³-hybridized carbons (Fsp3) is 1.00. The van der Waals surface area contributed by atoms with Gasteiger partial charge in [-0.25, -0.2) is 0 Å². The van der Waals surface area contributed by atoms with E-state index in [2.05, 4.69) is 5.32 Å². The molecule has 2 rings (SSSR count). The molecular formula is C13H26N2. The molecule has 2 unspecified atom stereocenters. The van der Waals surface area contributed by atoms with Gasteiger partial charge in [-0.2, -0.15) is 0 Å². The molecule has 0 aliphatic heterocycles. The van der Waals surface area contributed by atoms with E-state index < -0.39 is 0 Å². The summed E-state index contributed by atoms with van der Waals surface area (Å²) in [6, 6.07) is 0.484. The van der Waals surface area contributed by atoms with Gasteiger partial charge in [0.1, 0.15) is 0 Å². The molecule has 0 radical (unpaired) electrons. The van der Waals surface area contributed by atoms with Gasteiger partial charge in [0.25, 0.3) is 0 Å². The summed E-state index contributed by atoms with van der Waals surface area (Å²) in [7, 11) is 0. The second-order valence-electron chi connectivity index (χ2n) is 5.58. The molecule has 0 aromatic rings. The van der Waals surface area contributed by atoms with Crippen LogP contribution in [0.25, 0.3) is 0 Å². The van der Waals surface area contributed by atoms with Gasteiger partial charge in [-0.15, -0.1) is 0 Å². The SMILES string of the molecule is NC1CCCC(CNCCC2CCC2)C1. The van der Waals surface area contributed by atoms with Gasteiger partial charge in [-0.1, -0.05) is 25.7 Å². The summed E-state index contributed by atoms with van der Waals surface area (Å²) < 4.78 is 0. The predicted molar refractivity (Wildman–Crippen MR) is 64.8 cm³/mol. The Bertz CT molecular complexity index is 177. The van der Waals surface area contributed by atoms with Crippen molar-refractivity contribution in [3.05, 3.63) is 0 Å². The first kappa shape index (κ1) is 11.4. The third-order valence-electron chi connectivity index (χ3n) is 4.21. The minimum absolute atomic E-state index is 0.484. The minimum Gasteiger partial charge on any atom is -0.328 e. The molecule has 0 aromatic heterocycles. The molecule has 88 valence electrons. The molecule has 0 aromatic carbocycles. The lowest BCUT2D eigenvalue weighted by molar-refractivity contribution is 0.277. The van der Waals surface area contributed by atoms with E-state index in [4.69, 9.17) is 5.73 Å². The molecular weight excluding hydrogens is 184 g/mol. The highest BCUT2D eigenvalue weighted by molar-refractivity contribution is 4.77. The van der Waals surface area contributed by atoms with Crippen molar-refractivity contribution in [2.45, 2.75) is 57.4 Å². The third-order valence-corrected chi connectivity index (χ3v) is 4.21. The highest BCUT2D eigenvalue weighted by Crippen LogP contribution is 2.28. The van der Waals surface area contributed by atoms with Crippen LogP contribution in [0.4, 0.5) is 0 Å². The van der Waals surface area contributed by atoms with Crippen molar-refractivity contribution in [1.82, 2.24) is 5.32 Å². The van der Waals surface area contributed by atoms with Gasteiger partial charge in [0.15, 0.2) is 0 Å². The molecule has 2 saturated carbocycles. The smallest absolute Gasteiger partial charge is 0.00419 e. The molecule has 0 bridgehead atoms. The largest absolute Gasteiger partial charge is 0.328 e. The predicted octanol–water partition coefficient (Wildman–Crippen LogP) is 2.28. The number of nitrogens with two attached hydrogens (primary N) is 1. The van der Waals surface area contributed by atoms with Crippen LogP contribution in [0.15, 0.2) is 0 Å². The molecule has 0 heterocycles. The second-order valence-corrected chi connectivity index (χ2v) is 5.58. The highest BCUT2D eigenvalue weighted by atomic mass is 14.9. The van der Waals surface area contributed by atoms with Crippen molar-refractivity contribution in [1.29, 1.82) is 0 Å². The van der Waals surface area contributed by atoms with E-state index >= 15 is 0 Å². The Balaban J connectivity index is 1.49. The van der Waals surface area contributed by atoms with Crippen LogP contribution >= 0.6 is 0 Å². The van der Waals surface area contributed by atoms with Crippen molar-refractivity contribution < 1.29 is 0 Å². The zero-order valence-electron chi connectivity index (χ0n) is 9.88. The monoisotopic (exact) mass is 210 g/mol. The van der Waals surface area contributed by atoms with E-state index in [0.717, 1.165) is 11.8 Å². The Labute approximate surface area is 94.0 Å². The van der Waals surface area contributed by atoms with Crippen LogP contribution in [0, 0.1) is 11.8 Å². The summed E-state index contributed by atoms with van der Waals surface area (Å²) >= 11 is 0. The number of nitrogens with one attached hydrogen (secondary N) is 1. The fourth-order valence-electron chi connectivity index (χ4n) is 2.91. The Hall–Kier alpha value is -0.0800. The van der Waals surface area contributed by atoms with Crippen molar-refractivity contribution in [2.24, 2.45) is 17.6 Å². The molecule has 2 atom stereocenters. The van der Waals surface area contributed by atoms with Gasteiger partial charge in [0, 0.05) is 6.04 Å². The zero-order valence-corrected chi connectivity index (χ0v) is 9.88. The Morgan fingerprint density at radius 1 is 1.00 bits per heavy atom. The topological polar surface area (TPSA) is 38.0 Å². The number of rotatable bonds is 5. The second kappa shape index (κ2) is 5.86. The summed E-state index contributed by atoms with van der Waals surface area (Å²) in [4.78, 5) is 0. The van der Waals surface area contributed by atoms with E-state index in [9.17, 15) is 0 Å². The van der Waals surface area contributed by atoms with E-state index in [-0.39, 0.29) is 0 Å². The van der Waals surface area contributed by atoms with Crippen LogP contribution in [0.3, 0.4) is 0 Å². The van der Waals surface area contributed by atoms with Gasteiger partial charge in [0.05, 0.1) is 0 Å². The summed E-state index contributed by atoms with van der Waals surface area (Å²) in [5.41, 5.74) is 5.98. The number of hydrogen-bond donors (Lipinski definition) is 2. The van der Waals surface area contributed by atoms with Crippen molar-refractivity contribution in [2.75, 3.05) is 13.1 Å². The average Bonchev–Trinajstić information content (AvgIpc) is 2.15. The Morgan fingerprint density at radius 2 is 1.73 bits per heavy atom. The molecule has 2 fully saturated rings. The lowest BCUT2D eigenvalue weighted by Gasteiger charge is -2.28. The van der Waals surface area contributed by atoms with Crippen LogP contribution in [0.1, 0.15) is 51.4 Å². The van der Waals surface area contributed by atoms with Gasteiger partial charge < -0.3 is 11.1 Å². The number of hydrogen-bond acceptors (Lipinski definition) is 2. The van der Waals surface area contributed by atoms with Crippen LogP contribution in [-0.4, -0.2) is 19.1 Å². The van der Waals surface area contributed by atoms with Crippen LogP contribution < -0.4 is 11.1 Å². The van der Waals surface area contributed by atoms with E-state index in [1.54, 1.807) is 0 Å². The summed E-state index contributed by atoms with van der Waals surface area (Å²) in [6.45, 7) is 2.44. The molecule has 15 heavy (non-hydrogen) atoms. The molecule has 2 aliphatic rings. The van der Waals surface area contributed by atoms with Crippen molar-refractivity contribution in [3.8, 4) is 0 Å². The van der Waals surface area contributed by atoms with Crippen LogP contribution in [-0.2, 0) is 0 Å². The lowest BCUT2D eigenvalue weighted by Crippen LogP contribution is -2.34. The highest BCUT2D eigenvalue weighted by Gasteiger charge is 2.19. The van der Waals surface area contributed by atoms with E-state index in [1.807, 2.05) is 0 Å².